The van der Waals surface area contributed by atoms with Crippen LogP contribution in [0.1, 0.15) is 53.1 Å². The van der Waals surface area contributed by atoms with Gasteiger partial charge in [-0.05, 0) is 47.0 Å². The summed E-state index contributed by atoms with van der Waals surface area (Å²) in [5.74, 6) is -5.55. The van der Waals surface area contributed by atoms with Crippen molar-refractivity contribution in [3.05, 3.63) is 130 Å². The number of nitro groups is 1. The highest BCUT2D eigenvalue weighted by atomic mass is 16.6. The lowest BCUT2D eigenvalue weighted by molar-refractivity contribution is -0.384. The lowest BCUT2D eigenvalue weighted by Crippen LogP contribution is -2.43. The number of fused-ring (bicyclic) bond motifs is 1. The van der Waals surface area contributed by atoms with E-state index < -0.39 is 59.4 Å². The minimum Gasteiger partial charge on any atom is -0.481 e. The van der Waals surface area contributed by atoms with E-state index in [2.05, 4.69) is 15.3 Å². The molecule has 3 N–H and O–H groups in total. The second kappa shape index (κ2) is 15.6. The van der Waals surface area contributed by atoms with Gasteiger partial charge in [-0.3, -0.25) is 29.3 Å². The maximum absolute atomic E-state index is 14.0. The van der Waals surface area contributed by atoms with E-state index in [4.69, 9.17) is 4.42 Å². The van der Waals surface area contributed by atoms with Crippen LogP contribution in [0.4, 0.5) is 11.4 Å². The van der Waals surface area contributed by atoms with Gasteiger partial charge in [-0.15, -0.1) is 0 Å². The third-order valence-corrected chi connectivity index (χ3v) is 8.41. The van der Waals surface area contributed by atoms with E-state index in [-0.39, 0.29) is 24.4 Å². The molecule has 14 heteroatoms. The zero-order chi connectivity index (χ0) is 35.8. The average molecular weight is 680 g/mol. The van der Waals surface area contributed by atoms with E-state index in [1.165, 1.54) is 41.8 Å². The largest absolute Gasteiger partial charge is 0.481 e. The third-order valence-electron chi connectivity index (χ3n) is 8.41. The number of nitrogens with one attached hydrogen (secondary N) is 1. The molecule has 0 aliphatic heterocycles. The monoisotopic (exact) mass is 679 g/mol. The number of hydrogen-bond donors (Lipinski definition) is 3. The fourth-order valence-electron chi connectivity index (χ4n) is 5.79. The van der Waals surface area contributed by atoms with Crippen LogP contribution in [-0.2, 0) is 27.3 Å². The number of nitro benzene ring substituents is 1. The molecule has 0 aliphatic carbocycles. The van der Waals surface area contributed by atoms with Crippen molar-refractivity contribution >= 4 is 45.9 Å². The molecule has 3 atom stereocenters. The van der Waals surface area contributed by atoms with Crippen LogP contribution in [0.2, 0.25) is 0 Å². The van der Waals surface area contributed by atoms with Crippen molar-refractivity contribution in [1.82, 2.24) is 14.9 Å². The van der Waals surface area contributed by atoms with Gasteiger partial charge in [0, 0.05) is 43.5 Å². The number of anilines is 1. The molecule has 2 amide bonds. The van der Waals surface area contributed by atoms with E-state index in [1.54, 1.807) is 25.1 Å². The third kappa shape index (κ3) is 8.72. The Labute approximate surface area is 285 Å². The summed E-state index contributed by atoms with van der Waals surface area (Å²) in [4.78, 5) is 70.5. The normalized spacial score (nSPS) is 12.8. The van der Waals surface area contributed by atoms with Gasteiger partial charge in [0.1, 0.15) is 12.1 Å². The maximum Gasteiger partial charge on any atom is 0.307 e. The Hall–Kier alpha value is -6.44. The molecule has 5 aromatic rings. The van der Waals surface area contributed by atoms with E-state index in [9.17, 15) is 39.5 Å². The molecule has 0 aliphatic rings. The summed E-state index contributed by atoms with van der Waals surface area (Å²) in [7, 11) is 0. The van der Waals surface area contributed by atoms with Crippen molar-refractivity contribution in [1.29, 1.82) is 0 Å². The van der Waals surface area contributed by atoms with Crippen molar-refractivity contribution in [3.63, 3.8) is 0 Å². The number of nitrogens with zero attached hydrogens (tertiary/aromatic N) is 4. The van der Waals surface area contributed by atoms with Crippen LogP contribution >= 0.6 is 0 Å². The molecule has 3 aromatic carbocycles. The van der Waals surface area contributed by atoms with E-state index in [0.717, 1.165) is 16.3 Å². The molecule has 0 radical (unpaired) electrons. The first-order valence-corrected chi connectivity index (χ1v) is 15.6. The molecule has 5 rings (SSSR count). The molecule has 0 saturated carbocycles. The zero-order valence-electron chi connectivity index (χ0n) is 26.8. The number of carboxylic acids is 2. The maximum atomic E-state index is 14.0. The summed E-state index contributed by atoms with van der Waals surface area (Å²) in [5.41, 5.74) is 1.59. The van der Waals surface area contributed by atoms with Crippen molar-refractivity contribution in [2.24, 2.45) is 5.92 Å². The molecule has 3 unspecified atom stereocenters. The van der Waals surface area contributed by atoms with Crippen LogP contribution in [0, 0.1) is 16.0 Å². The first kappa shape index (κ1) is 34.9. The van der Waals surface area contributed by atoms with Gasteiger partial charge >= 0.3 is 11.9 Å². The first-order valence-electron chi connectivity index (χ1n) is 15.6. The van der Waals surface area contributed by atoms with Gasteiger partial charge in [0.25, 0.3) is 11.6 Å². The van der Waals surface area contributed by atoms with Gasteiger partial charge in [-0.1, -0.05) is 48.5 Å². The van der Waals surface area contributed by atoms with Crippen LogP contribution in [0.5, 0.6) is 0 Å². The Morgan fingerprint density at radius 1 is 0.920 bits per heavy atom. The smallest absolute Gasteiger partial charge is 0.307 e. The minimum atomic E-state index is -1.47. The lowest BCUT2D eigenvalue weighted by atomic mass is 9.86. The molecule has 0 fully saturated rings. The summed E-state index contributed by atoms with van der Waals surface area (Å²) in [5, 5.41) is 35.1. The van der Waals surface area contributed by atoms with Crippen LogP contribution in [0.3, 0.4) is 0 Å². The number of carbonyl (C=O) groups excluding carboxylic acids is 2. The van der Waals surface area contributed by atoms with Gasteiger partial charge in [-0.25, -0.2) is 9.97 Å². The van der Waals surface area contributed by atoms with Gasteiger partial charge < -0.3 is 24.8 Å². The van der Waals surface area contributed by atoms with E-state index in [0.29, 0.717) is 17.0 Å². The molecule has 256 valence electrons. The fourth-order valence-corrected chi connectivity index (χ4v) is 5.79. The molecule has 50 heavy (non-hydrogen) atoms. The van der Waals surface area contributed by atoms with Gasteiger partial charge in [-0.2, -0.15) is 0 Å². The highest BCUT2D eigenvalue weighted by Gasteiger charge is 2.33. The molecule has 2 heterocycles. The highest BCUT2D eigenvalue weighted by Crippen LogP contribution is 2.32. The Morgan fingerprint density at radius 3 is 2.28 bits per heavy atom. The number of aliphatic carboxylic acids is 2. The SMILES string of the molecule is CC(C(Cc1ccc(C(=O)Nc2cncnc2)o1)c1ccc([N+](=O)[O-])cc1)N(Cc1ccc2ccccc2c1)C(=O)CC(CC(=O)O)C(=O)O. The Balaban J connectivity index is 1.50. The van der Waals surface area contributed by atoms with Crippen molar-refractivity contribution in [2.45, 2.75) is 44.7 Å². The number of hydrogen-bond acceptors (Lipinski definition) is 9. The minimum absolute atomic E-state index is 0.000947. The average Bonchev–Trinajstić information content (AvgIpc) is 3.58. The number of carboxylic acid groups (broad SMARTS) is 2. The number of aromatic nitrogens is 2. The van der Waals surface area contributed by atoms with E-state index in [1.807, 2.05) is 42.5 Å². The predicted octanol–water partition coefficient (Wildman–Crippen LogP) is 5.69. The molecule has 2 aromatic heterocycles. The van der Waals surface area contributed by atoms with E-state index >= 15 is 0 Å². The van der Waals surface area contributed by atoms with Crippen molar-refractivity contribution in [2.75, 3.05) is 5.32 Å². The zero-order valence-corrected chi connectivity index (χ0v) is 26.8. The van der Waals surface area contributed by atoms with Crippen LogP contribution in [-0.4, -0.2) is 59.8 Å². The number of carbonyl (C=O) groups is 4. The summed E-state index contributed by atoms with van der Waals surface area (Å²) >= 11 is 0. The van der Waals surface area contributed by atoms with Crippen molar-refractivity contribution < 1.29 is 38.7 Å². The van der Waals surface area contributed by atoms with Crippen LogP contribution in [0.15, 0.2) is 102 Å². The Morgan fingerprint density at radius 2 is 1.62 bits per heavy atom. The second-order valence-electron chi connectivity index (χ2n) is 11.8. The quantitative estimate of drug-likeness (QED) is 0.0904. The van der Waals surface area contributed by atoms with Gasteiger partial charge in [0.15, 0.2) is 5.76 Å². The van der Waals surface area contributed by atoms with Crippen LogP contribution in [0.25, 0.3) is 10.8 Å². The predicted molar refractivity (Wildman–Crippen MR) is 180 cm³/mol. The van der Waals surface area contributed by atoms with Crippen molar-refractivity contribution in [3.8, 4) is 0 Å². The molecule has 0 saturated heterocycles. The number of furan rings is 1. The molecular formula is C36H33N5O9. The Bertz CT molecular complexity index is 2010. The summed E-state index contributed by atoms with van der Waals surface area (Å²) in [6.45, 7) is 1.82. The number of amides is 2. The summed E-state index contributed by atoms with van der Waals surface area (Å²) in [6.07, 6.45) is 3.00. The molecule has 0 bridgehead atoms. The van der Waals surface area contributed by atoms with Gasteiger partial charge in [0.05, 0.1) is 35.3 Å². The molecule has 0 spiro atoms. The van der Waals surface area contributed by atoms with Crippen LogP contribution < -0.4 is 5.32 Å². The first-order chi connectivity index (χ1) is 24.0. The molecule has 14 nitrogen and oxygen atoms in total. The number of non-ortho nitro benzene ring substituents is 1. The number of rotatable bonds is 15. The standard InChI is InChI=1S/C36H33N5O9/c1-22(40(33(42)15-27(36(46)47)16-34(43)44)20-23-6-7-24-4-2-3-5-26(24)14-23)31(25-8-10-29(11-9-25)41(48)49)17-30-12-13-32(50-30)35(45)39-28-18-37-21-38-19-28/h2-14,18-19,21-22,27,31H,15-17,20H2,1H3,(H,39,45)(H,43,44)(H,46,47). The second-order valence-corrected chi connectivity index (χ2v) is 11.8. The number of benzene rings is 3. The highest BCUT2D eigenvalue weighted by molar-refractivity contribution is 6.02. The fraction of sp³-hybridized carbons (Fsp3) is 0.222. The summed E-state index contributed by atoms with van der Waals surface area (Å²) < 4.78 is 5.92. The molecular weight excluding hydrogens is 646 g/mol. The Kier molecular flexibility index (Phi) is 10.9. The lowest BCUT2D eigenvalue weighted by Gasteiger charge is -2.36. The van der Waals surface area contributed by atoms with Gasteiger partial charge in [0.2, 0.25) is 5.91 Å². The topological polar surface area (TPSA) is 206 Å². The summed E-state index contributed by atoms with van der Waals surface area (Å²) in [6, 6.07) is 21.6.